The second kappa shape index (κ2) is 7.70. The molecule has 0 atom stereocenters. The standard InChI is InChI=1S/C23H26N4O2/c1-15-7-10-26(11-8-15)23(29)21-25-20(19-6-4-5-9-27(19)21)22(28)24-18-13-16(2)12-17(3)14-18/h4-6,9,12-15H,7-8,10-11H2,1-3H3,(H,24,28). The van der Waals surface area contributed by atoms with Gasteiger partial charge in [-0.05, 0) is 68.0 Å². The van der Waals surface area contributed by atoms with Crippen molar-refractivity contribution in [3.05, 3.63) is 65.2 Å². The molecule has 6 heteroatoms. The average molecular weight is 390 g/mol. The lowest BCUT2D eigenvalue weighted by Gasteiger charge is -2.29. The third-order valence-electron chi connectivity index (χ3n) is 5.51. The van der Waals surface area contributed by atoms with Crippen LogP contribution in [0.15, 0.2) is 42.6 Å². The number of imidazole rings is 1. The zero-order chi connectivity index (χ0) is 20.5. The van der Waals surface area contributed by atoms with Crippen molar-refractivity contribution in [2.45, 2.75) is 33.6 Å². The number of carbonyl (C=O) groups is 2. The molecule has 4 rings (SSSR count). The fourth-order valence-corrected chi connectivity index (χ4v) is 3.95. The van der Waals surface area contributed by atoms with E-state index >= 15 is 0 Å². The number of aryl methyl sites for hydroxylation is 2. The highest BCUT2D eigenvalue weighted by Gasteiger charge is 2.27. The van der Waals surface area contributed by atoms with Crippen LogP contribution in [0.5, 0.6) is 0 Å². The van der Waals surface area contributed by atoms with Crippen molar-refractivity contribution in [3.63, 3.8) is 0 Å². The smallest absolute Gasteiger partial charge is 0.290 e. The van der Waals surface area contributed by atoms with Gasteiger partial charge < -0.3 is 10.2 Å². The first kappa shape index (κ1) is 19.2. The van der Waals surface area contributed by atoms with E-state index in [1.54, 1.807) is 10.6 Å². The van der Waals surface area contributed by atoms with E-state index in [1.165, 1.54) is 0 Å². The number of hydrogen-bond donors (Lipinski definition) is 1. The molecule has 0 bridgehead atoms. The maximum absolute atomic E-state index is 13.1. The summed E-state index contributed by atoms with van der Waals surface area (Å²) in [7, 11) is 0. The first-order chi connectivity index (χ1) is 13.9. The predicted octanol–water partition coefficient (Wildman–Crippen LogP) is 4.08. The Hall–Kier alpha value is -3.15. The minimum Gasteiger partial charge on any atom is -0.336 e. The molecule has 0 aliphatic carbocycles. The maximum atomic E-state index is 13.1. The van der Waals surface area contributed by atoms with Crippen LogP contribution < -0.4 is 5.32 Å². The number of fused-ring (bicyclic) bond motifs is 1. The van der Waals surface area contributed by atoms with Gasteiger partial charge in [-0.3, -0.25) is 14.0 Å². The molecule has 150 valence electrons. The number of aromatic nitrogens is 2. The summed E-state index contributed by atoms with van der Waals surface area (Å²) < 4.78 is 1.72. The summed E-state index contributed by atoms with van der Waals surface area (Å²) in [4.78, 5) is 32.4. The Morgan fingerprint density at radius 1 is 1.07 bits per heavy atom. The van der Waals surface area contributed by atoms with Crippen LogP contribution in [-0.2, 0) is 0 Å². The average Bonchev–Trinajstić information content (AvgIpc) is 3.07. The Morgan fingerprint density at radius 3 is 2.45 bits per heavy atom. The number of pyridine rings is 1. The molecule has 3 heterocycles. The van der Waals surface area contributed by atoms with Gasteiger partial charge in [0.1, 0.15) is 0 Å². The minimum atomic E-state index is -0.315. The van der Waals surface area contributed by atoms with Gasteiger partial charge in [-0.1, -0.05) is 19.1 Å². The summed E-state index contributed by atoms with van der Waals surface area (Å²) in [6.45, 7) is 7.65. The number of hydrogen-bond acceptors (Lipinski definition) is 3. The van der Waals surface area contributed by atoms with Crippen LogP contribution in [0.2, 0.25) is 0 Å². The highest BCUT2D eigenvalue weighted by Crippen LogP contribution is 2.21. The molecule has 3 aromatic rings. The molecule has 1 aliphatic rings. The molecule has 1 saturated heterocycles. The molecule has 0 radical (unpaired) electrons. The van der Waals surface area contributed by atoms with Crippen LogP contribution in [-0.4, -0.2) is 39.2 Å². The highest BCUT2D eigenvalue weighted by molar-refractivity contribution is 6.09. The SMILES string of the molecule is Cc1cc(C)cc(NC(=O)c2nc(C(=O)N3CCC(C)CC3)n3ccccc23)c1. The number of carbonyl (C=O) groups excluding carboxylic acids is 2. The van der Waals surface area contributed by atoms with E-state index in [0.29, 0.717) is 17.3 Å². The van der Waals surface area contributed by atoms with Gasteiger partial charge in [0.05, 0.1) is 5.52 Å². The van der Waals surface area contributed by atoms with Gasteiger partial charge in [-0.2, -0.15) is 0 Å². The number of anilines is 1. The molecule has 1 aromatic carbocycles. The normalized spacial score (nSPS) is 14.9. The Morgan fingerprint density at radius 2 is 1.76 bits per heavy atom. The number of nitrogens with zero attached hydrogens (tertiary/aromatic N) is 3. The summed E-state index contributed by atoms with van der Waals surface area (Å²) in [6, 6.07) is 11.4. The molecule has 2 aromatic heterocycles. The summed E-state index contributed by atoms with van der Waals surface area (Å²) in [5.74, 6) is 0.490. The zero-order valence-electron chi connectivity index (χ0n) is 17.1. The number of amides is 2. The van der Waals surface area contributed by atoms with Crippen molar-refractivity contribution >= 4 is 23.0 Å². The summed E-state index contributed by atoms with van der Waals surface area (Å²) in [6.07, 6.45) is 3.78. The second-order valence-corrected chi connectivity index (χ2v) is 8.05. The fourth-order valence-electron chi connectivity index (χ4n) is 3.95. The molecule has 6 nitrogen and oxygen atoms in total. The molecule has 29 heavy (non-hydrogen) atoms. The quantitative estimate of drug-likeness (QED) is 0.733. The van der Waals surface area contributed by atoms with E-state index in [0.717, 1.165) is 42.7 Å². The van der Waals surface area contributed by atoms with E-state index in [2.05, 4.69) is 23.3 Å². The number of likely N-dealkylation sites (tertiary alicyclic amines) is 1. The first-order valence-corrected chi connectivity index (χ1v) is 10.1. The third-order valence-corrected chi connectivity index (χ3v) is 5.51. The number of rotatable bonds is 3. The number of piperidine rings is 1. The summed E-state index contributed by atoms with van der Waals surface area (Å²) >= 11 is 0. The second-order valence-electron chi connectivity index (χ2n) is 8.05. The molecule has 1 N–H and O–H groups in total. The molecular formula is C23H26N4O2. The Balaban J connectivity index is 1.66. The number of benzene rings is 1. The van der Waals surface area contributed by atoms with Crippen molar-refractivity contribution in [1.82, 2.24) is 14.3 Å². The van der Waals surface area contributed by atoms with E-state index in [9.17, 15) is 9.59 Å². The van der Waals surface area contributed by atoms with Crippen molar-refractivity contribution < 1.29 is 9.59 Å². The molecule has 0 unspecified atom stereocenters. The maximum Gasteiger partial charge on any atom is 0.290 e. The monoisotopic (exact) mass is 390 g/mol. The van der Waals surface area contributed by atoms with Gasteiger partial charge in [0, 0.05) is 25.0 Å². The molecular weight excluding hydrogens is 364 g/mol. The summed E-state index contributed by atoms with van der Waals surface area (Å²) in [5, 5.41) is 2.93. The van der Waals surface area contributed by atoms with E-state index < -0.39 is 0 Å². The number of nitrogens with one attached hydrogen (secondary N) is 1. The highest BCUT2D eigenvalue weighted by atomic mass is 16.2. The molecule has 0 saturated carbocycles. The lowest BCUT2D eigenvalue weighted by atomic mass is 9.99. The Labute approximate surface area is 170 Å². The Bertz CT molecular complexity index is 1060. The van der Waals surface area contributed by atoms with Crippen molar-refractivity contribution in [2.75, 3.05) is 18.4 Å². The van der Waals surface area contributed by atoms with Gasteiger partial charge in [-0.15, -0.1) is 0 Å². The fraction of sp³-hybridized carbons (Fsp3) is 0.348. The van der Waals surface area contributed by atoms with E-state index in [1.807, 2.05) is 49.1 Å². The third kappa shape index (κ3) is 3.88. The van der Waals surface area contributed by atoms with Crippen LogP contribution in [0, 0.1) is 19.8 Å². The predicted molar refractivity (Wildman–Crippen MR) is 113 cm³/mol. The van der Waals surface area contributed by atoms with Crippen LogP contribution >= 0.6 is 0 Å². The van der Waals surface area contributed by atoms with Gasteiger partial charge >= 0.3 is 0 Å². The molecule has 0 spiro atoms. The lowest BCUT2D eigenvalue weighted by molar-refractivity contribution is 0.0684. The zero-order valence-corrected chi connectivity index (χ0v) is 17.1. The van der Waals surface area contributed by atoms with Gasteiger partial charge in [0.25, 0.3) is 11.8 Å². The van der Waals surface area contributed by atoms with Crippen LogP contribution in [0.4, 0.5) is 5.69 Å². The minimum absolute atomic E-state index is 0.122. The van der Waals surface area contributed by atoms with Gasteiger partial charge in [0.15, 0.2) is 5.69 Å². The van der Waals surface area contributed by atoms with Crippen molar-refractivity contribution in [2.24, 2.45) is 5.92 Å². The molecule has 1 aliphatic heterocycles. The van der Waals surface area contributed by atoms with Crippen molar-refractivity contribution in [1.29, 1.82) is 0 Å². The van der Waals surface area contributed by atoms with Crippen LogP contribution in [0.3, 0.4) is 0 Å². The molecule has 1 fully saturated rings. The summed E-state index contributed by atoms with van der Waals surface area (Å²) in [5.41, 5.74) is 3.76. The Kier molecular flexibility index (Phi) is 5.09. The topological polar surface area (TPSA) is 66.7 Å². The van der Waals surface area contributed by atoms with Crippen molar-refractivity contribution in [3.8, 4) is 0 Å². The van der Waals surface area contributed by atoms with Crippen LogP contribution in [0.1, 0.15) is 52.0 Å². The van der Waals surface area contributed by atoms with Gasteiger partial charge in [-0.25, -0.2) is 4.98 Å². The first-order valence-electron chi connectivity index (χ1n) is 10.1. The largest absolute Gasteiger partial charge is 0.336 e. The lowest BCUT2D eigenvalue weighted by Crippen LogP contribution is -2.38. The van der Waals surface area contributed by atoms with Gasteiger partial charge in [0.2, 0.25) is 5.82 Å². The van der Waals surface area contributed by atoms with Crippen LogP contribution in [0.25, 0.3) is 5.52 Å². The van der Waals surface area contributed by atoms with E-state index in [4.69, 9.17) is 0 Å². The van der Waals surface area contributed by atoms with E-state index in [-0.39, 0.29) is 17.5 Å². The molecule has 2 amide bonds.